The maximum Gasteiger partial charge on any atom is 0.241 e. The monoisotopic (exact) mass is 318 g/mol. The standard InChI is InChI=1S/C17H26N4O2/c1-12-14(13(2)19-18-12)10-20(3)11-17(22)21-8-9-23-16-7-5-4-6-15(16)21/h4-7,12-14,18-19H,8-11H2,1-3H3. The van der Waals surface area contributed by atoms with Gasteiger partial charge in [-0.15, -0.1) is 0 Å². The summed E-state index contributed by atoms with van der Waals surface area (Å²) in [4.78, 5) is 16.7. The van der Waals surface area contributed by atoms with Crippen LogP contribution in [-0.2, 0) is 4.79 Å². The average Bonchev–Trinajstić information content (AvgIpc) is 2.86. The minimum Gasteiger partial charge on any atom is -0.490 e. The molecule has 1 aromatic carbocycles. The molecule has 126 valence electrons. The van der Waals surface area contributed by atoms with Gasteiger partial charge in [0.25, 0.3) is 0 Å². The summed E-state index contributed by atoms with van der Waals surface area (Å²) in [6.45, 7) is 6.83. The molecule has 3 rings (SSSR count). The Morgan fingerprint density at radius 3 is 2.74 bits per heavy atom. The van der Waals surface area contributed by atoms with Crippen LogP contribution in [0.3, 0.4) is 0 Å². The average molecular weight is 318 g/mol. The molecule has 1 saturated heterocycles. The summed E-state index contributed by atoms with van der Waals surface area (Å²) in [7, 11) is 2.02. The number of nitrogens with one attached hydrogen (secondary N) is 2. The first-order valence-corrected chi connectivity index (χ1v) is 8.28. The molecule has 0 bridgehead atoms. The molecule has 1 amide bonds. The third-order valence-corrected chi connectivity index (χ3v) is 4.78. The van der Waals surface area contributed by atoms with E-state index in [9.17, 15) is 4.79 Å². The fourth-order valence-corrected chi connectivity index (χ4v) is 3.40. The minimum atomic E-state index is 0.127. The predicted molar refractivity (Wildman–Crippen MR) is 90.5 cm³/mol. The lowest BCUT2D eigenvalue weighted by Gasteiger charge is -2.31. The van der Waals surface area contributed by atoms with E-state index in [-0.39, 0.29) is 5.91 Å². The molecule has 1 fully saturated rings. The van der Waals surface area contributed by atoms with E-state index in [0.717, 1.165) is 18.0 Å². The third kappa shape index (κ3) is 3.49. The van der Waals surface area contributed by atoms with Crippen LogP contribution in [0, 0.1) is 5.92 Å². The van der Waals surface area contributed by atoms with E-state index in [2.05, 4.69) is 29.6 Å². The normalized spacial score (nSPS) is 27.0. The molecule has 2 heterocycles. The van der Waals surface area contributed by atoms with Crippen molar-refractivity contribution in [3.63, 3.8) is 0 Å². The molecule has 0 radical (unpaired) electrons. The zero-order chi connectivity index (χ0) is 16.4. The molecule has 2 unspecified atom stereocenters. The number of nitrogens with zero attached hydrogens (tertiary/aromatic N) is 2. The second kappa shape index (κ2) is 6.86. The Balaban J connectivity index is 1.61. The second-order valence-electron chi connectivity index (χ2n) is 6.59. The first-order chi connectivity index (χ1) is 11.1. The number of likely N-dealkylation sites (N-methyl/N-ethyl adjacent to an activating group) is 1. The molecule has 2 N–H and O–H groups in total. The van der Waals surface area contributed by atoms with E-state index in [1.54, 1.807) is 0 Å². The number of hydrazine groups is 1. The lowest BCUT2D eigenvalue weighted by atomic mass is 9.96. The smallest absolute Gasteiger partial charge is 0.241 e. The quantitative estimate of drug-likeness (QED) is 0.862. The van der Waals surface area contributed by atoms with Gasteiger partial charge in [0.2, 0.25) is 5.91 Å². The van der Waals surface area contributed by atoms with E-state index in [0.29, 0.717) is 37.7 Å². The van der Waals surface area contributed by atoms with Crippen molar-refractivity contribution in [3.05, 3.63) is 24.3 Å². The van der Waals surface area contributed by atoms with Gasteiger partial charge < -0.3 is 9.64 Å². The van der Waals surface area contributed by atoms with Gasteiger partial charge >= 0.3 is 0 Å². The van der Waals surface area contributed by atoms with Crippen LogP contribution in [-0.4, -0.2) is 56.2 Å². The number of benzene rings is 1. The highest BCUT2D eigenvalue weighted by atomic mass is 16.5. The SMILES string of the molecule is CC1NNC(C)C1CN(C)CC(=O)N1CCOc2ccccc21. The third-order valence-electron chi connectivity index (χ3n) is 4.78. The van der Waals surface area contributed by atoms with Gasteiger partial charge in [-0.1, -0.05) is 12.1 Å². The molecular formula is C17H26N4O2. The predicted octanol–water partition coefficient (Wildman–Crippen LogP) is 0.845. The number of para-hydroxylation sites is 2. The fraction of sp³-hybridized carbons (Fsp3) is 0.588. The zero-order valence-corrected chi connectivity index (χ0v) is 14.1. The molecule has 0 aromatic heterocycles. The number of ether oxygens (including phenoxy) is 1. The summed E-state index contributed by atoms with van der Waals surface area (Å²) in [5, 5.41) is 0. The Labute approximate surface area is 137 Å². The van der Waals surface area contributed by atoms with Crippen molar-refractivity contribution in [2.45, 2.75) is 25.9 Å². The Morgan fingerprint density at radius 2 is 2.00 bits per heavy atom. The topological polar surface area (TPSA) is 56.8 Å². The summed E-state index contributed by atoms with van der Waals surface area (Å²) in [5.74, 6) is 1.41. The van der Waals surface area contributed by atoms with Crippen LogP contribution in [0.4, 0.5) is 5.69 Å². The number of hydrogen-bond donors (Lipinski definition) is 2. The highest BCUT2D eigenvalue weighted by Crippen LogP contribution is 2.31. The summed E-state index contributed by atoms with van der Waals surface area (Å²) in [6, 6.07) is 8.55. The van der Waals surface area contributed by atoms with Crippen molar-refractivity contribution in [1.82, 2.24) is 15.8 Å². The van der Waals surface area contributed by atoms with Crippen LogP contribution < -0.4 is 20.5 Å². The molecule has 2 aliphatic heterocycles. The molecule has 1 aromatic rings. The van der Waals surface area contributed by atoms with Crippen LogP contribution in [0.15, 0.2) is 24.3 Å². The van der Waals surface area contributed by atoms with Crippen molar-refractivity contribution >= 4 is 11.6 Å². The lowest BCUT2D eigenvalue weighted by Crippen LogP contribution is -2.45. The summed E-state index contributed by atoms with van der Waals surface area (Å²) >= 11 is 0. The number of carbonyl (C=O) groups excluding carboxylic acids is 1. The van der Waals surface area contributed by atoms with Crippen molar-refractivity contribution in [1.29, 1.82) is 0 Å². The van der Waals surface area contributed by atoms with Crippen LogP contribution in [0.2, 0.25) is 0 Å². The van der Waals surface area contributed by atoms with Gasteiger partial charge in [-0.25, -0.2) is 0 Å². The van der Waals surface area contributed by atoms with Gasteiger partial charge in [-0.05, 0) is 33.0 Å². The van der Waals surface area contributed by atoms with Gasteiger partial charge in [0, 0.05) is 24.5 Å². The number of carbonyl (C=O) groups is 1. The summed E-state index contributed by atoms with van der Waals surface area (Å²) in [6.07, 6.45) is 0. The number of rotatable bonds is 4. The summed E-state index contributed by atoms with van der Waals surface area (Å²) < 4.78 is 5.62. The fourth-order valence-electron chi connectivity index (χ4n) is 3.40. The van der Waals surface area contributed by atoms with E-state index in [4.69, 9.17) is 4.74 Å². The van der Waals surface area contributed by atoms with E-state index in [1.165, 1.54) is 0 Å². The Kier molecular flexibility index (Phi) is 4.84. The summed E-state index contributed by atoms with van der Waals surface area (Å²) in [5.41, 5.74) is 7.41. The van der Waals surface area contributed by atoms with Gasteiger partial charge in [-0.3, -0.25) is 20.5 Å². The molecule has 23 heavy (non-hydrogen) atoms. The van der Waals surface area contributed by atoms with E-state index < -0.39 is 0 Å². The highest BCUT2D eigenvalue weighted by molar-refractivity contribution is 5.96. The van der Waals surface area contributed by atoms with Crippen LogP contribution in [0.1, 0.15) is 13.8 Å². The number of fused-ring (bicyclic) bond motifs is 1. The Hall–Kier alpha value is -1.63. The van der Waals surface area contributed by atoms with Crippen LogP contribution in [0.25, 0.3) is 0 Å². The lowest BCUT2D eigenvalue weighted by molar-refractivity contribution is -0.119. The first-order valence-electron chi connectivity index (χ1n) is 8.28. The zero-order valence-electron chi connectivity index (χ0n) is 14.1. The molecule has 6 heteroatoms. The molecule has 2 aliphatic rings. The Bertz CT molecular complexity index is 555. The van der Waals surface area contributed by atoms with Crippen LogP contribution in [0.5, 0.6) is 5.75 Å². The highest BCUT2D eigenvalue weighted by Gasteiger charge is 2.31. The van der Waals surface area contributed by atoms with Gasteiger partial charge in [0.15, 0.2) is 0 Å². The van der Waals surface area contributed by atoms with Crippen LogP contribution >= 0.6 is 0 Å². The van der Waals surface area contributed by atoms with Crippen molar-refractivity contribution in [3.8, 4) is 5.75 Å². The number of hydrogen-bond acceptors (Lipinski definition) is 5. The maximum atomic E-state index is 12.7. The number of amides is 1. The van der Waals surface area contributed by atoms with Gasteiger partial charge in [0.05, 0.1) is 18.8 Å². The van der Waals surface area contributed by atoms with E-state index in [1.807, 2.05) is 36.2 Å². The van der Waals surface area contributed by atoms with Crippen molar-refractivity contribution < 1.29 is 9.53 Å². The van der Waals surface area contributed by atoms with E-state index >= 15 is 0 Å². The number of anilines is 1. The van der Waals surface area contributed by atoms with Crippen molar-refractivity contribution in [2.75, 3.05) is 38.2 Å². The van der Waals surface area contributed by atoms with Crippen molar-refractivity contribution in [2.24, 2.45) is 5.92 Å². The van der Waals surface area contributed by atoms with Gasteiger partial charge in [-0.2, -0.15) is 0 Å². The first kappa shape index (κ1) is 16.2. The van der Waals surface area contributed by atoms with Gasteiger partial charge in [0.1, 0.15) is 12.4 Å². The Morgan fingerprint density at radius 1 is 1.30 bits per heavy atom. The minimum absolute atomic E-state index is 0.127. The molecular weight excluding hydrogens is 292 g/mol. The molecule has 0 saturated carbocycles. The second-order valence-corrected chi connectivity index (χ2v) is 6.59. The largest absolute Gasteiger partial charge is 0.490 e. The molecule has 2 atom stereocenters. The molecule has 0 spiro atoms. The molecule has 0 aliphatic carbocycles. The maximum absolute atomic E-state index is 12.7. The molecule has 6 nitrogen and oxygen atoms in total.